The minimum atomic E-state index is -0.538. The summed E-state index contributed by atoms with van der Waals surface area (Å²) in [7, 11) is 0. The van der Waals surface area contributed by atoms with Crippen LogP contribution in [0.1, 0.15) is 11.1 Å². The highest BCUT2D eigenvalue weighted by molar-refractivity contribution is 5.27. The van der Waals surface area contributed by atoms with Crippen LogP contribution in [0.25, 0.3) is 0 Å². The Balaban J connectivity index is 2.25. The number of rotatable bonds is 2. The smallest absolute Gasteiger partial charge is 0.129 e. The van der Waals surface area contributed by atoms with Crippen LogP contribution in [0.15, 0.2) is 48.5 Å². The molecule has 2 rings (SSSR count). The Bertz CT molecular complexity index is 449. The Morgan fingerprint density at radius 2 is 1.60 bits per heavy atom. The highest BCUT2D eigenvalue weighted by Gasteiger charge is 2.03. The molecule has 0 heterocycles. The van der Waals surface area contributed by atoms with E-state index in [0.29, 0.717) is 12.0 Å². The predicted molar refractivity (Wildman–Crippen MR) is 55.6 cm³/mol. The molecule has 2 aromatic carbocycles. The predicted octanol–water partition coefficient (Wildman–Crippen LogP) is 3.56. The van der Waals surface area contributed by atoms with E-state index in [9.17, 15) is 8.78 Å². The maximum atomic E-state index is 13.3. The molecule has 0 radical (unpaired) electrons. The van der Waals surface area contributed by atoms with Gasteiger partial charge in [-0.25, -0.2) is 8.78 Å². The Labute approximate surface area is 87.2 Å². The van der Waals surface area contributed by atoms with Crippen LogP contribution in [0.5, 0.6) is 0 Å². The van der Waals surface area contributed by atoms with Crippen LogP contribution in [-0.4, -0.2) is 0 Å². The number of hydrogen-bond acceptors (Lipinski definition) is 0. The lowest BCUT2D eigenvalue weighted by atomic mass is 10.0. The number of halogens is 2. The fourth-order valence-electron chi connectivity index (χ4n) is 1.48. The lowest BCUT2D eigenvalue weighted by Crippen LogP contribution is -1.93. The van der Waals surface area contributed by atoms with Crippen LogP contribution in [-0.2, 0) is 6.42 Å². The molecular weight excluding hydrogens is 194 g/mol. The molecule has 0 unspecified atom stereocenters. The van der Waals surface area contributed by atoms with Gasteiger partial charge in [0.1, 0.15) is 11.6 Å². The summed E-state index contributed by atoms with van der Waals surface area (Å²) < 4.78 is 25.9. The van der Waals surface area contributed by atoms with E-state index in [4.69, 9.17) is 0 Å². The lowest BCUT2D eigenvalue weighted by molar-refractivity contribution is 0.574. The van der Waals surface area contributed by atoms with E-state index in [-0.39, 0.29) is 0 Å². The second kappa shape index (κ2) is 4.22. The topological polar surface area (TPSA) is 0 Å². The van der Waals surface area contributed by atoms with Crippen molar-refractivity contribution in [2.24, 2.45) is 0 Å². The molecule has 0 atom stereocenters. The molecule has 0 fully saturated rings. The third-order valence-corrected chi connectivity index (χ3v) is 2.25. The van der Waals surface area contributed by atoms with E-state index in [2.05, 4.69) is 0 Å². The van der Waals surface area contributed by atoms with Crippen molar-refractivity contribution in [1.29, 1.82) is 0 Å². The van der Waals surface area contributed by atoms with E-state index in [1.165, 1.54) is 12.1 Å². The number of benzene rings is 2. The summed E-state index contributed by atoms with van der Waals surface area (Å²) in [6.45, 7) is 0. The zero-order valence-corrected chi connectivity index (χ0v) is 8.08. The van der Waals surface area contributed by atoms with Crippen LogP contribution >= 0.6 is 0 Å². The maximum absolute atomic E-state index is 13.3. The van der Waals surface area contributed by atoms with E-state index in [0.717, 1.165) is 11.6 Å². The van der Waals surface area contributed by atoms with E-state index < -0.39 is 11.6 Å². The highest BCUT2D eigenvalue weighted by atomic mass is 19.1. The third kappa shape index (κ3) is 2.40. The largest absolute Gasteiger partial charge is 0.207 e. The molecule has 0 N–H and O–H groups in total. The van der Waals surface area contributed by atoms with Gasteiger partial charge in [0.05, 0.1) is 0 Å². The third-order valence-electron chi connectivity index (χ3n) is 2.25. The van der Waals surface area contributed by atoms with Crippen LogP contribution in [0, 0.1) is 11.6 Å². The molecule has 0 amide bonds. The first-order valence-corrected chi connectivity index (χ1v) is 4.73. The van der Waals surface area contributed by atoms with E-state index >= 15 is 0 Å². The minimum absolute atomic E-state index is 0.487. The van der Waals surface area contributed by atoms with Gasteiger partial charge in [0.15, 0.2) is 0 Å². The Kier molecular flexibility index (Phi) is 2.77. The molecule has 76 valence electrons. The molecule has 2 heteroatoms. The monoisotopic (exact) mass is 204 g/mol. The van der Waals surface area contributed by atoms with Crippen LogP contribution in [0.3, 0.4) is 0 Å². The minimum Gasteiger partial charge on any atom is -0.207 e. The summed E-state index contributed by atoms with van der Waals surface area (Å²) in [6, 6.07) is 13.2. The average Bonchev–Trinajstić information content (AvgIpc) is 2.24. The highest BCUT2D eigenvalue weighted by Crippen LogP contribution is 2.14. The van der Waals surface area contributed by atoms with Crippen molar-refractivity contribution in [3.05, 3.63) is 71.3 Å². The molecule has 0 spiro atoms. The molecular formula is C13H10F2. The summed E-state index contributed by atoms with van der Waals surface area (Å²) in [6.07, 6.45) is 0.493. The van der Waals surface area contributed by atoms with E-state index in [1.54, 1.807) is 0 Å². The molecule has 0 saturated carbocycles. The molecule has 0 nitrogen and oxygen atoms in total. The maximum Gasteiger partial charge on any atom is 0.129 e. The number of hydrogen-bond donors (Lipinski definition) is 0. The van der Waals surface area contributed by atoms with Crippen molar-refractivity contribution in [2.45, 2.75) is 6.42 Å². The lowest BCUT2D eigenvalue weighted by Gasteiger charge is -2.03. The Morgan fingerprint density at radius 3 is 2.27 bits per heavy atom. The van der Waals surface area contributed by atoms with Gasteiger partial charge < -0.3 is 0 Å². The summed E-state index contributed by atoms with van der Waals surface area (Å²) in [5.74, 6) is -1.02. The average molecular weight is 204 g/mol. The molecule has 0 aliphatic rings. The van der Waals surface area contributed by atoms with Gasteiger partial charge in [-0.05, 0) is 17.2 Å². The van der Waals surface area contributed by atoms with Gasteiger partial charge in [-0.2, -0.15) is 0 Å². The Morgan fingerprint density at radius 1 is 0.867 bits per heavy atom. The van der Waals surface area contributed by atoms with Crippen molar-refractivity contribution in [1.82, 2.24) is 0 Å². The van der Waals surface area contributed by atoms with Crippen molar-refractivity contribution < 1.29 is 8.78 Å². The summed E-state index contributed by atoms with van der Waals surface area (Å²) in [4.78, 5) is 0. The van der Waals surface area contributed by atoms with Gasteiger partial charge in [-0.1, -0.05) is 36.4 Å². The molecule has 0 aromatic heterocycles. The Hall–Kier alpha value is -1.70. The second-order valence-corrected chi connectivity index (χ2v) is 3.40. The molecule has 0 aliphatic carbocycles. The van der Waals surface area contributed by atoms with Gasteiger partial charge in [-0.3, -0.25) is 0 Å². The van der Waals surface area contributed by atoms with Gasteiger partial charge in [0.25, 0.3) is 0 Å². The normalized spacial score (nSPS) is 10.3. The van der Waals surface area contributed by atoms with Crippen molar-refractivity contribution in [3.63, 3.8) is 0 Å². The van der Waals surface area contributed by atoms with Crippen LogP contribution in [0.4, 0.5) is 8.78 Å². The fraction of sp³-hybridized carbons (Fsp3) is 0.0769. The first-order chi connectivity index (χ1) is 7.25. The fourth-order valence-corrected chi connectivity index (χ4v) is 1.48. The summed E-state index contributed by atoms with van der Waals surface area (Å²) in [5.41, 5.74) is 1.53. The molecule has 0 bridgehead atoms. The quantitative estimate of drug-likeness (QED) is 0.701. The van der Waals surface area contributed by atoms with Gasteiger partial charge in [-0.15, -0.1) is 0 Å². The van der Waals surface area contributed by atoms with Gasteiger partial charge >= 0.3 is 0 Å². The van der Waals surface area contributed by atoms with Gasteiger partial charge in [0.2, 0.25) is 0 Å². The molecule has 0 saturated heterocycles. The SMILES string of the molecule is Fc1ccc(Cc2ccccc2)c(F)c1. The zero-order valence-electron chi connectivity index (χ0n) is 8.08. The van der Waals surface area contributed by atoms with Crippen molar-refractivity contribution in [3.8, 4) is 0 Å². The van der Waals surface area contributed by atoms with E-state index in [1.807, 2.05) is 30.3 Å². The molecule has 0 aliphatic heterocycles. The van der Waals surface area contributed by atoms with Crippen LogP contribution < -0.4 is 0 Å². The second-order valence-electron chi connectivity index (χ2n) is 3.40. The molecule has 15 heavy (non-hydrogen) atoms. The van der Waals surface area contributed by atoms with Gasteiger partial charge in [0, 0.05) is 12.5 Å². The van der Waals surface area contributed by atoms with Crippen molar-refractivity contribution >= 4 is 0 Å². The van der Waals surface area contributed by atoms with Crippen LogP contribution in [0.2, 0.25) is 0 Å². The first kappa shape index (κ1) is 9.84. The molecule has 2 aromatic rings. The van der Waals surface area contributed by atoms with Crippen molar-refractivity contribution in [2.75, 3.05) is 0 Å². The zero-order chi connectivity index (χ0) is 10.7. The summed E-state index contributed by atoms with van der Waals surface area (Å²) >= 11 is 0. The standard InChI is InChI=1S/C13H10F2/c14-12-7-6-11(13(15)9-12)8-10-4-2-1-3-5-10/h1-7,9H,8H2. The summed E-state index contributed by atoms with van der Waals surface area (Å²) in [5, 5.41) is 0. The first-order valence-electron chi connectivity index (χ1n) is 4.73.